The van der Waals surface area contributed by atoms with Crippen molar-refractivity contribution in [2.75, 3.05) is 31.1 Å². The predicted molar refractivity (Wildman–Crippen MR) is 73.4 cm³/mol. The number of hydrogen-bond acceptors (Lipinski definition) is 3. The maximum Gasteiger partial charge on any atom is 0.146 e. The minimum absolute atomic E-state index is 0.0517. The quantitative estimate of drug-likeness (QED) is 0.774. The Labute approximate surface area is 109 Å². The Morgan fingerprint density at radius 2 is 2.06 bits per heavy atom. The highest BCUT2D eigenvalue weighted by Gasteiger charge is 2.12. The fraction of sp³-hybridized carbons (Fsp3) is 0.571. The van der Waals surface area contributed by atoms with Crippen LogP contribution < -0.4 is 10.6 Å². The number of halogens is 1. The van der Waals surface area contributed by atoms with Crippen LogP contribution in [0.3, 0.4) is 0 Å². The van der Waals surface area contributed by atoms with Gasteiger partial charge >= 0.3 is 0 Å². The summed E-state index contributed by atoms with van der Waals surface area (Å²) in [5.74, 6) is -0.181. The number of benzene rings is 1. The number of ether oxygens (including phenoxy) is 1. The highest BCUT2D eigenvalue weighted by Crippen LogP contribution is 2.19. The van der Waals surface area contributed by atoms with Crippen LogP contribution in [0.15, 0.2) is 24.3 Å². The molecule has 0 heterocycles. The molecule has 0 bridgehead atoms. The van der Waals surface area contributed by atoms with E-state index in [1.165, 1.54) is 6.07 Å². The van der Waals surface area contributed by atoms with E-state index in [-0.39, 0.29) is 11.9 Å². The molecule has 0 aliphatic heterocycles. The molecule has 102 valence electrons. The van der Waals surface area contributed by atoms with Crippen LogP contribution in [0.2, 0.25) is 0 Å². The van der Waals surface area contributed by atoms with Crippen molar-refractivity contribution in [2.45, 2.75) is 26.4 Å². The second kappa shape index (κ2) is 8.06. The maximum atomic E-state index is 13.7. The van der Waals surface area contributed by atoms with Crippen LogP contribution in [0.5, 0.6) is 0 Å². The Morgan fingerprint density at radius 3 is 2.61 bits per heavy atom. The molecule has 1 atom stereocenters. The lowest BCUT2D eigenvalue weighted by atomic mass is 10.2. The summed E-state index contributed by atoms with van der Waals surface area (Å²) in [7, 11) is 0. The van der Waals surface area contributed by atoms with Crippen LogP contribution in [0, 0.1) is 5.82 Å². The Hall–Kier alpha value is -1.13. The van der Waals surface area contributed by atoms with Gasteiger partial charge in [-0.25, -0.2) is 4.39 Å². The molecule has 4 heteroatoms. The molecule has 0 spiro atoms. The van der Waals surface area contributed by atoms with Gasteiger partial charge in [-0.1, -0.05) is 12.1 Å². The number of anilines is 1. The van der Waals surface area contributed by atoms with Crippen molar-refractivity contribution in [1.82, 2.24) is 0 Å². The van der Waals surface area contributed by atoms with Gasteiger partial charge in [-0.15, -0.1) is 0 Å². The molecule has 0 fully saturated rings. The molecule has 0 aliphatic carbocycles. The molecule has 1 aromatic carbocycles. The lowest BCUT2D eigenvalue weighted by molar-refractivity contribution is 0.0644. The molecule has 3 nitrogen and oxygen atoms in total. The first-order valence-corrected chi connectivity index (χ1v) is 6.54. The van der Waals surface area contributed by atoms with Gasteiger partial charge in [-0.2, -0.15) is 0 Å². The number of hydrogen-bond donors (Lipinski definition) is 1. The normalized spacial score (nSPS) is 12.4. The third kappa shape index (κ3) is 4.27. The molecule has 0 aromatic heterocycles. The topological polar surface area (TPSA) is 38.5 Å². The van der Waals surface area contributed by atoms with E-state index in [0.29, 0.717) is 18.8 Å². The number of nitrogens with two attached hydrogens (primary N) is 1. The zero-order valence-corrected chi connectivity index (χ0v) is 11.2. The molecule has 0 aliphatic rings. The average Bonchev–Trinajstić information content (AvgIpc) is 2.40. The summed E-state index contributed by atoms with van der Waals surface area (Å²) in [5, 5.41) is 0. The monoisotopic (exact) mass is 254 g/mol. The van der Waals surface area contributed by atoms with E-state index >= 15 is 0 Å². The first kappa shape index (κ1) is 14.9. The van der Waals surface area contributed by atoms with E-state index in [9.17, 15) is 4.39 Å². The predicted octanol–water partition coefficient (Wildman–Crippen LogP) is 2.41. The summed E-state index contributed by atoms with van der Waals surface area (Å²) in [4.78, 5) is 2.01. The van der Waals surface area contributed by atoms with Gasteiger partial charge in [0, 0.05) is 26.2 Å². The van der Waals surface area contributed by atoms with Crippen molar-refractivity contribution in [3.05, 3.63) is 30.1 Å². The van der Waals surface area contributed by atoms with Crippen LogP contribution in [0.25, 0.3) is 0 Å². The largest absolute Gasteiger partial charge is 0.377 e. The standard InChI is InChI=1S/C14H23FN2O/c1-3-17(10-9-12(11-16)18-4-2)14-8-6-5-7-13(14)15/h5-8,12H,3-4,9-11,16H2,1-2H3. The van der Waals surface area contributed by atoms with E-state index in [1.54, 1.807) is 12.1 Å². The van der Waals surface area contributed by atoms with E-state index in [0.717, 1.165) is 19.5 Å². The lowest BCUT2D eigenvalue weighted by Gasteiger charge is -2.25. The molecule has 0 saturated heterocycles. The van der Waals surface area contributed by atoms with E-state index in [4.69, 9.17) is 10.5 Å². The fourth-order valence-corrected chi connectivity index (χ4v) is 1.96. The SMILES string of the molecule is CCOC(CN)CCN(CC)c1ccccc1F. The Balaban J connectivity index is 2.60. The average molecular weight is 254 g/mol. The second-order valence-electron chi connectivity index (χ2n) is 4.13. The number of para-hydroxylation sites is 1. The maximum absolute atomic E-state index is 13.7. The summed E-state index contributed by atoms with van der Waals surface area (Å²) >= 11 is 0. The summed E-state index contributed by atoms with van der Waals surface area (Å²) in [6, 6.07) is 6.84. The van der Waals surface area contributed by atoms with Gasteiger partial charge in [0.25, 0.3) is 0 Å². The molecule has 2 N–H and O–H groups in total. The van der Waals surface area contributed by atoms with E-state index in [1.807, 2.05) is 24.8 Å². The highest BCUT2D eigenvalue weighted by molar-refractivity contribution is 5.47. The molecule has 1 unspecified atom stereocenters. The van der Waals surface area contributed by atoms with Gasteiger partial charge in [-0.3, -0.25) is 0 Å². The summed E-state index contributed by atoms with van der Waals surface area (Å²) in [6.07, 6.45) is 0.864. The number of rotatable bonds is 8. The molecule has 0 saturated carbocycles. The van der Waals surface area contributed by atoms with Gasteiger partial charge in [0.15, 0.2) is 0 Å². The first-order valence-electron chi connectivity index (χ1n) is 6.54. The molecule has 0 amide bonds. The van der Waals surface area contributed by atoms with Crippen LogP contribution in [-0.4, -0.2) is 32.3 Å². The third-order valence-electron chi connectivity index (χ3n) is 2.96. The van der Waals surface area contributed by atoms with Gasteiger partial charge in [0.05, 0.1) is 11.8 Å². The third-order valence-corrected chi connectivity index (χ3v) is 2.96. The van der Waals surface area contributed by atoms with E-state index < -0.39 is 0 Å². The van der Waals surface area contributed by atoms with Gasteiger partial charge in [-0.05, 0) is 32.4 Å². The summed E-state index contributed by atoms with van der Waals surface area (Å²) < 4.78 is 19.2. The minimum atomic E-state index is -0.181. The van der Waals surface area contributed by atoms with Crippen molar-refractivity contribution in [2.24, 2.45) is 5.73 Å². The molecular formula is C14H23FN2O. The van der Waals surface area contributed by atoms with Crippen molar-refractivity contribution in [3.8, 4) is 0 Å². The van der Waals surface area contributed by atoms with Crippen molar-refractivity contribution >= 4 is 5.69 Å². The second-order valence-corrected chi connectivity index (χ2v) is 4.13. The van der Waals surface area contributed by atoms with Gasteiger partial charge < -0.3 is 15.4 Å². The lowest BCUT2D eigenvalue weighted by Crippen LogP contribution is -2.32. The minimum Gasteiger partial charge on any atom is -0.377 e. The zero-order chi connectivity index (χ0) is 13.4. The fourth-order valence-electron chi connectivity index (χ4n) is 1.96. The van der Waals surface area contributed by atoms with Gasteiger partial charge in [0.1, 0.15) is 5.82 Å². The Morgan fingerprint density at radius 1 is 1.33 bits per heavy atom. The number of nitrogens with zero attached hydrogens (tertiary/aromatic N) is 1. The van der Waals surface area contributed by atoms with Crippen LogP contribution >= 0.6 is 0 Å². The first-order chi connectivity index (χ1) is 8.72. The Bertz CT molecular complexity index is 346. The van der Waals surface area contributed by atoms with Crippen molar-refractivity contribution in [3.63, 3.8) is 0 Å². The Kier molecular flexibility index (Phi) is 6.68. The van der Waals surface area contributed by atoms with Crippen LogP contribution in [0.4, 0.5) is 10.1 Å². The molecule has 1 aromatic rings. The smallest absolute Gasteiger partial charge is 0.146 e. The molecular weight excluding hydrogens is 231 g/mol. The molecule has 18 heavy (non-hydrogen) atoms. The van der Waals surface area contributed by atoms with E-state index in [2.05, 4.69) is 0 Å². The summed E-state index contributed by atoms with van der Waals surface area (Å²) in [5.41, 5.74) is 6.28. The van der Waals surface area contributed by atoms with Crippen molar-refractivity contribution in [1.29, 1.82) is 0 Å². The zero-order valence-electron chi connectivity index (χ0n) is 11.2. The van der Waals surface area contributed by atoms with Gasteiger partial charge in [0.2, 0.25) is 0 Å². The highest BCUT2D eigenvalue weighted by atomic mass is 19.1. The summed E-state index contributed by atoms with van der Waals surface area (Å²) in [6.45, 7) is 6.65. The van der Waals surface area contributed by atoms with Crippen molar-refractivity contribution < 1.29 is 9.13 Å². The van der Waals surface area contributed by atoms with Crippen LogP contribution in [-0.2, 0) is 4.74 Å². The van der Waals surface area contributed by atoms with Crippen LogP contribution in [0.1, 0.15) is 20.3 Å². The molecule has 0 radical (unpaired) electrons. The molecule has 1 rings (SSSR count).